The second-order valence-electron chi connectivity index (χ2n) is 4.99. The molecule has 0 spiro atoms. The highest BCUT2D eigenvalue weighted by atomic mass is 35.5. The molecule has 0 bridgehead atoms. The Balaban J connectivity index is 2.13. The largest absolute Gasteiger partial charge is 0.369 e. The smallest absolute Gasteiger partial charge is 0.175 e. The molecule has 5 heteroatoms. The van der Waals surface area contributed by atoms with Crippen molar-refractivity contribution in [1.82, 2.24) is 10.2 Å². The lowest BCUT2D eigenvalue weighted by Crippen LogP contribution is -2.38. The Morgan fingerprint density at radius 3 is 2.53 bits per heavy atom. The zero-order chi connectivity index (χ0) is 12.5. The van der Waals surface area contributed by atoms with Crippen LogP contribution in [0.1, 0.15) is 33.1 Å². The van der Waals surface area contributed by atoms with Gasteiger partial charge in [-0.3, -0.25) is 0 Å². The summed E-state index contributed by atoms with van der Waals surface area (Å²) in [4.78, 5) is 2.25. The summed E-state index contributed by atoms with van der Waals surface area (Å²) in [5.74, 6) is 0. The van der Waals surface area contributed by atoms with Crippen molar-refractivity contribution in [3.63, 3.8) is 0 Å². The quantitative estimate of drug-likeness (QED) is 0.821. The predicted molar refractivity (Wildman–Crippen MR) is 71.9 cm³/mol. The lowest BCUT2D eigenvalue weighted by molar-refractivity contribution is 0.238. The van der Waals surface area contributed by atoms with Gasteiger partial charge in [0.1, 0.15) is 0 Å². The maximum Gasteiger partial charge on any atom is 0.175 e. The average molecular weight is 274 g/mol. The highest BCUT2D eigenvalue weighted by Crippen LogP contribution is 2.37. The highest BCUT2D eigenvalue weighted by molar-refractivity contribution is 6.33. The molecular formula is C12H17Cl2N3. The summed E-state index contributed by atoms with van der Waals surface area (Å²) in [5.41, 5.74) is 1.37. The molecule has 0 aromatic carbocycles. The van der Waals surface area contributed by atoms with Crippen molar-refractivity contribution in [2.24, 2.45) is 5.41 Å². The van der Waals surface area contributed by atoms with E-state index >= 15 is 0 Å². The van der Waals surface area contributed by atoms with Gasteiger partial charge < -0.3 is 4.90 Å². The molecule has 0 amide bonds. The minimum absolute atomic E-state index is 0.397. The monoisotopic (exact) mass is 273 g/mol. The van der Waals surface area contributed by atoms with Crippen molar-refractivity contribution in [3.05, 3.63) is 16.4 Å². The summed E-state index contributed by atoms with van der Waals surface area (Å²) >= 11 is 11.9. The van der Waals surface area contributed by atoms with Gasteiger partial charge in [0.15, 0.2) is 10.3 Å². The van der Waals surface area contributed by atoms with Gasteiger partial charge in [-0.05, 0) is 18.3 Å². The Labute approximate surface area is 112 Å². The van der Waals surface area contributed by atoms with E-state index in [2.05, 4.69) is 28.9 Å². The third-order valence-electron chi connectivity index (χ3n) is 3.87. The van der Waals surface area contributed by atoms with Crippen LogP contribution < -0.4 is 4.90 Å². The van der Waals surface area contributed by atoms with Crippen LogP contribution in [-0.4, -0.2) is 23.3 Å². The first-order valence-electron chi connectivity index (χ1n) is 5.98. The Morgan fingerprint density at radius 2 is 1.94 bits per heavy atom. The van der Waals surface area contributed by atoms with Gasteiger partial charge in [0.2, 0.25) is 0 Å². The SMILES string of the molecule is CCC1(C)CCN(c2cc(Cl)nnc2Cl)CC1. The first-order valence-corrected chi connectivity index (χ1v) is 6.73. The summed E-state index contributed by atoms with van der Waals surface area (Å²) < 4.78 is 0. The van der Waals surface area contributed by atoms with Gasteiger partial charge in [0, 0.05) is 19.2 Å². The molecule has 0 unspecified atom stereocenters. The fourth-order valence-electron chi connectivity index (χ4n) is 2.21. The van der Waals surface area contributed by atoms with E-state index in [9.17, 15) is 0 Å². The summed E-state index contributed by atoms with van der Waals surface area (Å²) in [5, 5.41) is 8.42. The molecule has 1 aromatic heterocycles. The molecule has 0 atom stereocenters. The maximum atomic E-state index is 6.06. The Morgan fingerprint density at radius 1 is 1.29 bits per heavy atom. The van der Waals surface area contributed by atoms with Gasteiger partial charge in [-0.2, -0.15) is 0 Å². The Kier molecular flexibility index (Phi) is 3.79. The molecule has 2 heterocycles. The van der Waals surface area contributed by atoms with E-state index in [1.807, 2.05) is 0 Å². The molecule has 3 nitrogen and oxygen atoms in total. The number of rotatable bonds is 2. The molecule has 0 aliphatic carbocycles. The van der Waals surface area contributed by atoms with Crippen molar-refractivity contribution in [1.29, 1.82) is 0 Å². The summed E-state index contributed by atoms with van der Waals surface area (Å²) in [6, 6.07) is 1.80. The first-order chi connectivity index (χ1) is 8.04. The van der Waals surface area contributed by atoms with Gasteiger partial charge in [-0.1, -0.05) is 43.5 Å². The zero-order valence-electron chi connectivity index (χ0n) is 10.2. The van der Waals surface area contributed by atoms with Crippen molar-refractivity contribution >= 4 is 28.9 Å². The van der Waals surface area contributed by atoms with E-state index in [1.165, 1.54) is 19.3 Å². The molecule has 94 valence electrons. The standard InChI is InChI=1S/C12H17Cl2N3/c1-3-12(2)4-6-17(7-5-12)9-8-10(13)15-16-11(9)14/h8H,3-7H2,1-2H3. The first kappa shape index (κ1) is 12.9. The van der Waals surface area contributed by atoms with E-state index in [4.69, 9.17) is 23.2 Å². The van der Waals surface area contributed by atoms with Crippen LogP contribution in [0.25, 0.3) is 0 Å². The van der Waals surface area contributed by atoms with Crippen molar-refractivity contribution in [3.8, 4) is 0 Å². The minimum Gasteiger partial charge on any atom is -0.369 e. The predicted octanol–water partition coefficient (Wildman–Crippen LogP) is 3.80. The highest BCUT2D eigenvalue weighted by Gasteiger charge is 2.29. The number of halogens is 2. The van der Waals surface area contributed by atoms with Crippen LogP contribution in [0, 0.1) is 5.41 Å². The second-order valence-corrected chi connectivity index (χ2v) is 5.74. The van der Waals surface area contributed by atoms with E-state index in [0.29, 0.717) is 15.7 Å². The Hall–Kier alpha value is -0.540. The van der Waals surface area contributed by atoms with Gasteiger partial charge in [0.25, 0.3) is 0 Å². The average Bonchev–Trinajstić information content (AvgIpc) is 2.34. The Bertz CT molecular complexity index is 401. The van der Waals surface area contributed by atoms with Crippen LogP contribution >= 0.6 is 23.2 Å². The minimum atomic E-state index is 0.397. The molecule has 1 saturated heterocycles. The third-order valence-corrected chi connectivity index (χ3v) is 4.32. The van der Waals surface area contributed by atoms with Crippen molar-refractivity contribution in [2.45, 2.75) is 33.1 Å². The lowest BCUT2D eigenvalue weighted by atomic mass is 9.78. The molecular weight excluding hydrogens is 257 g/mol. The molecule has 1 aromatic rings. The van der Waals surface area contributed by atoms with Crippen molar-refractivity contribution < 1.29 is 0 Å². The van der Waals surface area contributed by atoms with E-state index < -0.39 is 0 Å². The number of anilines is 1. The number of hydrogen-bond acceptors (Lipinski definition) is 3. The summed E-state index contributed by atoms with van der Waals surface area (Å²) in [7, 11) is 0. The number of hydrogen-bond donors (Lipinski definition) is 0. The molecule has 17 heavy (non-hydrogen) atoms. The molecule has 1 aliphatic heterocycles. The fourth-order valence-corrected chi connectivity index (χ4v) is 2.56. The second kappa shape index (κ2) is 4.99. The number of aromatic nitrogens is 2. The van der Waals surface area contributed by atoms with E-state index in [0.717, 1.165) is 18.8 Å². The van der Waals surface area contributed by atoms with Gasteiger partial charge in [0.05, 0.1) is 5.69 Å². The third kappa shape index (κ3) is 2.83. The number of nitrogens with zero attached hydrogens (tertiary/aromatic N) is 3. The van der Waals surface area contributed by atoms with Gasteiger partial charge >= 0.3 is 0 Å². The lowest BCUT2D eigenvalue weighted by Gasteiger charge is -2.40. The van der Waals surface area contributed by atoms with Crippen LogP contribution in [0.3, 0.4) is 0 Å². The van der Waals surface area contributed by atoms with E-state index in [-0.39, 0.29) is 0 Å². The zero-order valence-corrected chi connectivity index (χ0v) is 11.7. The van der Waals surface area contributed by atoms with Crippen LogP contribution in [0.15, 0.2) is 6.07 Å². The molecule has 1 fully saturated rings. The summed E-state index contributed by atoms with van der Waals surface area (Å²) in [6.45, 7) is 6.62. The molecule has 0 radical (unpaired) electrons. The molecule has 0 saturated carbocycles. The maximum absolute atomic E-state index is 6.06. The topological polar surface area (TPSA) is 29.0 Å². The van der Waals surface area contributed by atoms with E-state index in [1.54, 1.807) is 6.07 Å². The fraction of sp³-hybridized carbons (Fsp3) is 0.667. The molecule has 0 N–H and O–H groups in total. The normalized spacial score (nSPS) is 19.4. The van der Waals surface area contributed by atoms with Gasteiger partial charge in [-0.15, -0.1) is 10.2 Å². The number of piperidine rings is 1. The van der Waals surface area contributed by atoms with Crippen LogP contribution in [0.2, 0.25) is 10.3 Å². The van der Waals surface area contributed by atoms with Crippen molar-refractivity contribution in [2.75, 3.05) is 18.0 Å². The molecule has 1 aliphatic rings. The van der Waals surface area contributed by atoms with Gasteiger partial charge in [-0.25, -0.2) is 0 Å². The molecule has 2 rings (SSSR count). The van der Waals surface area contributed by atoms with Crippen LogP contribution in [-0.2, 0) is 0 Å². The summed E-state index contributed by atoms with van der Waals surface area (Å²) in [6.07, 6.45) is 3.59. The van der Waals surface area contributed by atoms with Crippen LogP contribution in [0.4, 0.5) is 5.69 Å². The van der Waals surface area contributed by atoms with Crippen LogP contribution in [0.5, 0.6) is 0 Å².